The van der Waals surface area contributed by atoms with Gasteiger partial charge in [-0.05, 0) is 24.7 Å². The number of hydrogen-bond acceptors (Lipinski definition) is 3. The molecule has 3 rings (SSSR count). The minimum atomic E-state index is 0.200. The molecule has 0 radical (unpaired) electrons. The molecule has 16 heavy (non-hydrogen) atoms. The van der Waals surface area contributed by atoms with Crippen LogP contribution in [-0.4, -0.2) is 49.7 Å². The van der Waals surface area contributed by atoms with Crippen LogP contribution in [0.2, 0.25) is 0 Å². The first kappa shape index (κ1) is 10.5. The summed E-state index contributed by atoms with van der Waals surface area (Å²) >= 11 is 0. The lowest BCUT2D eigenvalue weighted by atomic mass is 10.0. The zero-order valence-corrected chi connectivity index (χ0v) is 9.65. The van der Waals surface area contributed by atoms with Gasteiger partial charge in [0.05, 0.1) is 12.5 Å². The third kappa shape index (κ3) is 1.96. The molecule has 4 nitrogen and oxygen atoms in total. The fraction of sp³-hybridized carbons (Fsp3) is 0.917. The van der Waals surface area contributed by atoms with Crippen LogP contribution in [0.4, 0.5) is 0 Å². The second-order valence-electron chi connectivity index (χ2n) is 5.32. The van der Waals surface area contributed by atoms with E-state index in [9.17, 15) is 4.79 Å². The van der Waals surface area contributed by atoms with Crippen LogP contribution in [0.5, 0.6) is 0 Å². The average Bonchev–Trinajstić information content (AvgIpc) is 2.91. The van der Waals surface area contributed by atoms with Crippen molar-refractivity contribution in [1.82, 2.24) is 10.2 Å². The standard InChI is InChI=1S/C12H20N2O2/c15-12(4-11-2-1-3-16-11)14-7-9-5-13-6-10(9)8-14/h9-11,13H,1-8H2. The number of rotatable bonds is 2. The topological polar surface area (TPSA) is 41.6 Å². The Hall–Kier alpha value is -0.610. The predicted octanol–water partition coefficient (Wildman–Crippen LogP) is 0.233. The van der Waals surface area contributed by atoms with E-state index in [-0.39, 0.29) is 6.10 Å². The van der Waals surface area contributed by atoms with Gasteiger partial charge in [-0.15, -0.1) is 0 Å². The van der Waals surface area contributed by atoms with Crippen molar-refractivity contribution in [1.29, 1.82) is 0 Å². The van der Waals surface area contributed by atoms with Gasteiger partial charge in [0.25, 0.3) is 0 Å². The van der Waals surface area contributed by atoms with Gasteiger partial charge in [0, 0.05) is 32.8 Å². The van der Waals surface area contributed by atoms with Crippen LogP contribution in [-0.2, 0) is 9.53 Å². The van der Waals surface area contributed by atoms with E-state index in [0.717, 1.165) is 45.6 Å². The first-order valence-electron chi connectivity index (χ1n) is 6.43. The maximum atomic E-state index is 12.1. The van der Waals surface area contributed by atoms with Crippen LogP contribution in [0.25, 0.3) is 0 Å². The zero-order valence-electron chi connectivity index (χ0n) is 9.65. The van der Waals surface area contributed by atoms with Crippen molar-refractivity contribution in [2.45, 2.75) is 25.4 Å². The van der Waals surface area contributed by atoms with Crippen LogP contribution < -0.4 is 5.32 Å². The third-order valence-electron chi connectivity index (χ3n) is 4.17. The molecular formula is C12H20N2O2. The second-order valence-corrected chi connectivity index (χ2v) is 5.32. The minimum Gasteiger partial charge on any atom is -0.378 e. The largest absolute Gasteiger partial charge is 0.378 e. The Balaban J connectivity index is 1.51. The van der Waals surface area contributed by atoms with Gasteiger partial charge in [-0.1, -0.05) is 0 Å². The summed E-state index contributed by atoms with van der Waals surface area (Å²) < 4.78 is 5.52. The molecule has 0 aromatic heterocycles. The predicted molar refractivity (Wildman–Crippen MR) is 60.0 cm³/mol. The highest BCUT2D eigenvalue weighted by Crippen LogP contribution is 2.27. The molecule has 0 aromatic carbocycles. The van der Waals surface area contributed by atoms with Crippen LogP contribution in [0.1, 0.15) is 19.3 Å². The summed E-state index contributed by atoms with van der Waals surface area (Å²) in [7, 11) is 0. The van der Waals surface area contributed by atoms with Crippen molar-refractivity contribution in [2.75, 3.05) is 32.8 Å². The summed E-state index contributed by atoms with van der Waals surface area (Å²) in [5.74, 6) is 1.71. The molecular weight excluding hydrogens is 204 g/mol. The number of hydrogen-bond donors (Lipinski definition) is 1. The van der Waals surface area contributed by atoms with Crippen LogP contribution in [0.3, 0.4) is 0 Å². The van der Waals surface area contributed by atoms with E-state index >= 15 is 0 Å². The summed E-state index contributed by atoms with van der Waals surface area (Å²) in [4.78, 5) is 14.1. The van der Waals surface area contributed by atoms with E-state index in [2.05, 4.69) is 10.2 Å². The Bertz CT molecular complexity index is 264. The molecule has 4 heteroatoms. The van der Waals surface area contributed by atoms with Crippen LogP contribution >= 0.6 is 0 Å². The van der Waals surface area contributed by atoms with Gasteiger partial charge in [0.15, 0.2) is 0 Å². The van der Waals surface area contributed by atoms with Crippen molar-refractivity contribution >= 4 is 5.91 Å². The number of fused-ring (bicyclic) bond motifs is 1. The SMILES string of the molecule is O=C(CC1CCCO1)N1CC2CNCC2C1. The average molecular weight is 224 g/mol. The van der Waals surface area contributed by atoms with E-state index in [1.807, 2.05) is 0 Å². The smallest absolute Gasteiger partial charge is 0.225 e. The van der Waals surface area contributed by atoms with Gasteiger partial charge in [-0.3, -0.25) is 4.79 Å². The fourth-order valence-electron chi connectivity index (χ4n) is 3.19. The number of likely N-dealkylation sites (tertiary alicyclic amines) is 1. The lowest BCUT2D eigenvalue weighted by Gasteiger charge is -2.19. The molecule has 0 bridgehead atoms. The Labute approximate surface area is 96.3 Å². The molecule has 3 unspecified atom stereocenters. The first-order chi connectivity index (χ1) is 7.83. The highest BCUT2D eigenvalue weighted by Gasteiger charge is 2.38. The third-order valence-corrected chi connectivity index (χ3v) is 4.17. The molecule has 3 heterocycles. The highest BCUT2D eigenvalue weighted by molar-refractivity contribution is 5.77. The van der Waals surface area contributed by atoms with E-state index < -0.39 is 0 Å². The van der Waals surface area contributed by atoms with Gasteiger partial charge < -0.3 is 15.0 Å². The molecule has 1 N–H and O–H groups in total. The van der Waals surface area contributed by atoms with Gasteiger partial charge in [0.1, 0.15) is 0 Å². The first-order valence-corrected chi connectivity index (χ1v) is 6.43. The second kappa shape index (κ2) is 4.34. The molecule has 3 aliphatic rings. The molecule has 3 atom stereocenters. The van der Waals surface area contributed by atoms with Gasteiger partial charge in [0.2, 0.25) is 5.91 Å². The van der Waals surface area contributed by atoms with Crippen molar-refractivity contribution < 1.29 is 9.53 Å². The summed E-state index contributed by atoms with van der Waals surface area (Å²) in [5, 5.41) is 3.39. The Morgan fingerprint density at radius 3 is 2.69 bits per heavy atom. The zero-order chi connectivity index (χ0) is 11.0. The van der Waals surface area contributed by atoms with Crippen molar-refractivity contribution in [3.8, 4) is 0 Å². The molecule has 0 spiro atoms. The quantitative estimate of drug-likeness (QED) is 0.730. The molecule has 3 fully saturated rings. The van der Waals surface area contributed by atoms with E-state index in [1.165, 1.54) is 0 Å². The van der Waals surface area contributed by atoms with Gasteiger partial charge in [-0.25, -0.2) is 0 Å². The maximum absolute atomic E-state index is 12.1. The molecule has 0 aromatic rings. The highest BCUT2D eigenvalue weighted by atomic mass is 16.5. The van der Waals surface area contributed by atoms with E-state index in [0.29, 0.717) is 24.2 Å². The molecule has 0 aliphatic carbocycles. The molecule has 90 valence electrons. The Morgan fingerprint density at radius 2 is 2.06 bits per heavy atom. The van der Waals surface area contributed by atoms with Crippen LogP contribution in [0, 0.1) is 11.8 Å². The molecule has 1 amide bonds. The molecule has 0 saturated carbocycles. The van der Waals surface area contributed by atoms with E-state index in [1.54, 1.807) is 0 Å². The summed E-state index contributed by atoms with van der Waals surface area (Å²) in [5.41, 5.74) is 0. The number of amides is 1. The number of nitrogens with zero attached hydrogens (tertiary/aromatic N) is 1. The molecule has 3 aliphatic heterocycles. The van der Waals surface area contributed by atoms with E-state index in [4.69, 9.17) is 4.74 Å². The van der Waals surface area contributed by atoms with Crippen LogP contribution in [0.15, 0.2) is 0 Å². The summed E-state index contributed by atoms with van der Waals surface area (Å²) in [6.07, 6.45) is 2.99. The number of carbonyl (C=O) groups is 1. The number of carbonyl (C=O) groups excluding carboxylic acids is 1. The monoisotopic (exact) mass is 224 g/mol. The van der Waals surface area contributed by atoms with Crippen molar-refractivity contribution in [3.05, 3.63) is 0 Å². The maximum Gasteiger partial charge on any atom is 0.225 e. The molecule has 3 saturated heterocycles. The van der Waals surface area contributed by atoms with Gasteiger partial charge >= 0.3 is 0 Å². The number of nitrogens with one attached hydrogen (secondary N) is 1. The Morgan fingerprint density at radius 1 is 1.31 bits per heavy atom. The van der Waals surface area contributed by atoms with Crippen molar-refractivity contribution in [3.63, 3.8) is 0 Å². The fourth-order valence-corrected chi connectivity index (χ4v) is 3.19. The number of ether oxygens (including phenoxy) is 1. The summed E-state index contributed by atoms with van der Waals surface area (Å²) in [6, 6.07) is 0. The van der Waals surface area contributed by atoms with Gasteiger partial charge in [-0.2, -0.15) is 0 Å². The normalized spacial score (nSPS) is 38.0. The van der Waals surface area contributed by atoms with Crippen molar-refractivity contribution in [2.24, 2.45) is 11.8 Å². The lowest BCUT2D eigenvalue weighted by molar-refractivity contribution is -0.132. The minimum absolute atomic E-state index is 0.200. The Kier molecular flexibility index (Phi) is 2.86. The lowest BCUT2D eigenvalue weighted by Crippen LogP contribution is -2.33. The summed E-state index contributed by atoms with van der Waals surface area (Å²) in [6.45, 7) is 4.95.